The molecule has 0 radical (unpaired) electrons. The highest BCUT2D eigenvalue weighted by molar-refractivity contribution is 6.95. The Morgan fingerprint density at radius 1 is 0.917 bits per heavy atom. The Balaban J connectivity index is 2.05. The van der Waals surface area contributed by atoms with Crippen molar-refractivity contribution >= 4 is 22.4 Å². The highest BCUT2D eigenvalue weighted by Gasteiger charge is 2.62. The van der Waals surface area contributed by atoms with Crippen LogP contribution in [-0.4, -0.2) is 43.1 Å². The highest BCUT2D eigenvalue weighted by atomic mass is 28.4. The molecule has 1 amide bonds. The van der Waals surface area contributed by atoms with E-state index in [0.29, 0.717) is 5.91 Å². The van der Waals surface area contributed by atoms with Gasteiger partial charge < -0.3 is 9.13 Å². The Labute approximate surface area is 149 Å². The van der Waals surface area contributed by atoms with Gasteiger partial charge in [0.2, 0.25) is 5.91 Å². The van der Waals surface area contributed by atoms with E-state index in [1.807, 2.05) is 0 Å². The van der Waals surface area contributed by atoms with Gasteiger partial charge in [0, 0.05) is 5.54 Å². The lowest BCUT2D eigenvalue weighted by Gasteiger charge is -2.60. The van der Waals surface area contributed by atoms with Gasteiger partial charge in [-0.2, -0.15) is 0 Å². The molecule has 0 aromatic heterocycles. The van der Waals surface area contributed by atoms with Crippen molar-refractivity contribution in [2.45, 2.75) is 76.7 Å². The van der Waals surface area contributed by atoms with Crippen LogP contribution in [0.3, 0.4) is 0 Å². The van der Waals surface area contributed by atoms with Crippen molar-refractivity contribution in [2.75, 3.05) is 0 Å². The summed E-state index contributed by atoms with van der Waals surface area (Å²) in [4.78, 5) is 15.4. The lowest BCUT2D eigenvalue weighted by molar-refractivity contribution is -0.163. The molecule has 5 heteroatoms. The van der Waals surface area contributed by atoms with Crippen molar-refractivity contribution in [1.82, 2.24) is 9.13 Å². The van der Waals surface area contributed by atoms with Crippen molar-refractivity contribution in [3.63, 3.8) is 0 Å². The molecule has 0 N–H and O–H groups in total. The van der Waals surface area contributed by atoms with E-state index < -0.39 is 16.5 Å². The lowest BCUT2D eigenvalue weighted by atomic mass is 9.84. The van der Waals surface area contributed by atoms with E-state index in [0.717, 1.165) is 0 Å². The molecule has 0 unspecified atom stereocenters. The number of amides is 1. The number of hydrogen-bond donors (Lipinski definition) is 0. The van der Waals surface area contributed by atoms with Gasteiger partial charge >= 0.3 is 0 Å². The first-order valence-corrected chi connectivity index (χ1v) is 15.5. The maximum atomic E-state index is 13.3. The van der Waals surface area contributed by atoms with Gasteiger partial charge in [0.25, 0.3) is 0 Å². The summed E-state index contributed by atoms with van der Waals surface area (Å²) in [5.74, 6) is 0.347. The summed E-state index contributed by atoms with van der Waals surface area (Å²) < 4.78 is 2.78. The fraction of sp³-hybridized carbons (Fsp3) is 0.632. The van der Waals surface area contributed by atoms with Crippen molar-refractivity contribution in [3.05, 3.63) is 35.9 Å². The first-order valence-electron chi connectivity index (χ1n) is 9.14. The Bertz CT molecular complexity index is 621. The van der Waals surface area contributed by atoms with Crippen molar-refractivity contribution in [1.29, 1.82) is 0 Å². The number of likely N-dealkylation sites (tertiary alicyclic amines) is 1. The van der Waals surface area contributed by atoms with Crippen molar-refractivity contribution < 1.29 is 4.79 Å². The molecule has 3 nitrogen and oxygen atoms in total. The molecule has 2 aliphatic heterocycles. The Kier molecular flexibility index (Phi) is 4.13. The molecule has 132 valence electrons. The predicted molar refractivity (Wildman–Crippen MR) is 106 cm³/mol. The number of hydrogen-bond acceptors (Lipinski definition) is 2. The van der Waals surface area contributed by atoms with E-state index in [9.17, 15) is 4.79 Å². The fourth-order valence-electron chi connectivity index (χ4n) is 4.88. The SMILES string of the molecule is CC(C)(C)N1C(=O)[C@@H](N2[Si](C)(C)CC[Si]2(C)C)[C@@H]1c1ccccc1. The van der Waals surface area contributed by atoms with Crippen LogP contribution in [0.25, 0.3) is 0 Å². The molecule has 2 atom stereocenters. The van der Waals surface area contributed by atoms with Gasteiger partial charge in [0.05, 0.1) is 6.04 Å². The topological polar surface area (TPSA) is 23.6 Å². The van der Waals surface area contributed by atoms with Crippen molar-refractivity contribution in [2.24, 2.45) is 0 Å². The van der Waals surface area contributed by atoms with Crippen molar-refractivity contribution in [3.8, 4) is 0 Å². The molecule has 1 aromatic rings. The van der Waals surface area contributed by atoms with E-state index in [1.54, 1.807) is 0 Å². The molecule has 2 fully saturated rings. The van der Waals surface area contributed by atoms with Crippen LogP contribution in [0.4, 0.5) is 0 Å². The molecule has 0 saturated carbocycles. The summed E-state index contributed by atoms with van der Waals surface area (Å²) in [5.41, 5.74) is 1.16. The summed E-state index contributed by atoms with van der Waals surface area (Å²) in [7, 11) is -2.99. The number of carbonyl (C=O) groups excluding carboxylic acids is 1. The lowest BCUT2D eigenvalue weighted by Crippen LogP contribution is -2.75. The van der Waals surface area contributed by atoms with Gasteiger partial charge in [-0.3, -0.25) is 4.79 Å². The van der Waals surface area contributed by atoms with Gasteiger partial charge in [-0.1, -0.05) is 56.5 Å². The third-order valence-corrected chi connectivity index (χ3v) is 16.1. The molecule has 0 bridgehead atoms. The van der Waals surface area contributed by atoms with Gasteiger partial charge in [-0.25, -0.2) is 0 Å². The maximum absolute atomic E-state index is 13.3. The third kappa shape index (κ3) is 2.70. The molecular formula is C19H32N2OSi2. The number of nitrogens with zero attached hydrogens (tertiary/aromatic N) is 2. The predicted octanol–water partition coefficient (Wildman–Crippen LogP) is 4.46. The quantitative estimate of drug-likeness (QED) is 0.574. The summed E-state index contributed by atoms with van der Waals surface area (Å²) >= 11 is 0. The summed E-state index contributed by atoms with van der Waals surface area (Å²) in [6.07, 6.45) is 0. The standard InChI is InChI=1S/C19H32N2OSi2/c1-19(2,3)20-16(15-11-9-8-10-12-15)17(18(20)22)21-23(4,5)13-14-24(21,6)7/h8-12,16-17H,13-14H2,1-7H3/t16-,17-/m0/s1. The van der Waals surface area contributed by atoms with Gasteiger partial charge in [0.15, 0.2) is 0 Å². The fourth-order valence-corrected chi connectivity index (χ4v) is 19.5. The smallest absolute Gasteiger partial charge is 0.242 e. The second kappa shape index (κ2) is 5.54. The summed E-state index contributed by atoms with van der Waals surface area (Å²) in [5, 5.41) is 0. The normalized spacial score (nSPS) is 29.6. The van der Waals surface area contributed by atoms with E-state index in [4.69, 9.17) is 0 Å². The van der Waals surface area contributed by atoms with E-state index >= 15 is 0 Å². The van der Waals surface area contributed by atoms with Gasteiger partial charge in [-0.15, -0.1) is 0 Å². The van der Waals surface area contributed by atoms with Crippen LogP contribution < -0.4 is 0 Å². The minimum absolute atomic E-state index is 0.0671. The zero-order chi connectivity index (χ0) is 17.9. The highest BCUT2D eigenvalue weighted by Crippen LogP contribution is 2.49. The van der Waals surface area contributed by atoms with Crippen LogP contribution in [0.2, 0.25) is 38.3 Å². The van der Waals surface area contributed by atoms with Gasteiger partial charge in [0.1, 0.15) is 22.5 Å². The first-order chi connectivity index (χ1) is 11.0. The van der Waals surface area contributed by atoms with Crippen LogP contribution in [0.15, 0.2) is 30.3 Å². The van der Waals surface area contributed by atoms with Crippen LogP contribution in [0, 0.1) is 0 Å². The zero-order valence-corrected chi connectivity index (χ0v) is 18.3. The minimum atomic E-state index is -1.50. The molecule has 0 spiro atoms. The van der Waals surface area contributed by atoms with Gasteiger partial charge in [-0.05, 0) is 38.4 Å². The van der Waals surface area contributed by atoms with Crippen LogP contribution in [0.5, 0.6) is 0 Å². The first kappa shape index (κ1) is 17.9. The molecular weight excluding hydrogens is 328 g/mol. The molecule has 2 saturated heterocycles. The second-order valence-electron chi connectivity index (χ2n) is 9.67. The van der Waals surface area contributed by atoms with E-state index in [-0.39, 0.29) is 17.6 Å². The number of rotatable bonds is 2. The third-order valence-electron chi connectivity index (χ3n) is 5.86. The Hall–Kier alpha value is -0.916. The zero-order valence-electron chi connectivity index (χ0n) is 16.3. The van der Waals surface area contributed by atoms with Crippen LogP contribution in [-0.2, 0) is 4.79 Å². The molecule has 0 aliphatic carbocycles. The van der Waals surface area contributed by atoms with E-state index in [1.165, 1.54) is 17.7 Å². The molecule has 1 aromatic carbocycles. The monoisotopic (exact) mass is 360 g/mol. The number of β-lactam (4-membered cyclic amide) rings is 1. The maximum Gasteiger partial charge on any atom is 0.242 e. The molecule has 2 aliphatic rings. The van der Waals surface area contributed by atoms with E-state index in [2.05, 4.69) is 86.4 Å². The molecule has 24 heavy (non-hydrogen) atoms. The second-order valence-corrected chi connectivity index (χ2v) is 19.3. The summed E-state index contributed by atoms with van der Waals surface area (Å²) in [6.45, 7) is 16.3. The molecule has 3 rings (SSSR count). The Morgan fingerprint density at radius 3 is 1.88 bits per heavy atom. The minimum Gasteiger partial charge on any atom is -0.333 e. The van der Waals surface area contributed by atoms with Crippen LogP contribution >= 0.6 is 0 Å². The largest absolute Gasteiger partial charge is 0.333 e. The number of benzene rings is 1. The average molecular weight is 361 g/mol. The number of carbonyl (C=O) groups is 1. The molecule has 2 heterocycles. The average Bonchev–Trinajstić information content (AvgIpc) is 2.67. The van der Waals surface area contributed by atoms with Crippen LogP contribution in [0.1, 0.15) is 32.4 Å². The Morgan fingerprint density at radius 2 is 1.42 bits per heavy atom. The summed E-state index contributed by atoms with van der Waals surface area (Å²) in [6, 6.07) is 13.6.